The van der Waals surface area contributed by atoms with Crippen LogP contribution in [0.25, 0.3) is 83.2 Å². The number of fused-ring (bicyclic) bond motifs is 13. The van der Waals surface area contributed by atoms with Crippen molar-refractivity contribution in [3.8, 4) is 28.0 Å². The summed E-state index contributed by atoms with van der Waals surface area (Å²) < 4.78 is 25.9. The Morgan fingerprint density at radius 2 is 1.09 bits per heavy atom. The van der Waals surface area contributed by atoms with E-state index >= 15 is 0 Å². The predicted molar refractivity (Wildman–Crippen MR) is 183 cm³/mol. The summed E-state index contributed by atoms with van der Waals surface area (Å²) in [4.78, 5) is 0. The normalized spacial score (nSPS) is 16.8. The number of rotatable bonds is 2. The summed E-state index contributed by atoms with van der Waals surface area (Å²) in [5.41, 5.74) is 11.0. The highest BCUT2D eigenvalue weighted by Gasteiger charge is 2.41. The fourth-order valence-electron chi connectivity index (χ4n) is 7.72. The molecule has 9 aromatic rings. The molecule has 0 saturated heterocycles. The second-order valence-electron chi connectivity index (χ2n) is 12.3. The summed E-state index contributed by atoms with van der Waals surface area (Å²) >= 11 is 0. The predicted octanol–water partition coefficient (Wildman–Crippen LogP) is 11.8. The van der Waals surface area contributed by atoms with Crippen LogP contribution in [0.3, 0.4) is 0 Å². The fraction of sp³-hybridized carbons (Fsp3) is 0.0476. The van der Waals surface area contributed by atoms with E-state index in [1.165, 1.54) is 5.56 Å². The highest BCUT2D eigenvalue weighted by Crippen LogP contribution is 2.55. The average Bonchev–Trinajstić information content (AvgIpc) is 3.87. The second kappa shape index (κ2) is 8.80. The van der Waals surface area contributed by atoms with Crippen LogP contribution < -0.4 is 4.74 Å². The quantitative estimate of drug-likeness (QED) is 0.200. The molecule has 4 heterocycles. The first kappa shape index (κ1) is 24.3. The van der Waals surface area contributed by atoms with Crippen LogP contribution in [-0.4, -0.2) is 0 Å². The van der Waals surface area contributed by atoms with Gasteiger partial charge < -0.3 is 18.0 Å². The summed E-state index contributed by atoms with van der Waals surface area (Å²) in [7, 11) is 0. The molecule has 4 heteroatoms. The summed E-state index contributed by atoms with van der Waals surface area (Å²) in [5.74, 6) is 1.86. The van der Waals surface area contributed by atoms with E-state index in [-0.39, 0.29) is 12.0 Å². The molecule has 11 rings (SSSR count). The molecule has 1 aliphatic carbocycles. The molecule has 46 heavy (non-hydrogen) atoms. The summed E-state index contributed by atoms with van der Waals surface area (Å²) in [6, 6.07) is 42.0. The van der Waals surface area contributed by atoms with E-state index in [0.29, 0.717) is 0 Å². The van der Waals surface area contributed by atoms with Gasteiger partial charge in [0.15, 0.2) is 11.9 Å². The molecule has 2 aliphatic rings. The van der Waals surface area contributed by atoms with Crippen LogP contribution in [0.15, 0.2) is 141 Å². The van der Waals surface area contributed by atoms with Crippen molar-refractivity contribution in [1.29, 1.82) is 0 Å². The van der Waals surface area contributed by atoms with Gasteiger partial charge in [-0.15, -0.1) is 0 Å². The van der Waals surface area contributed by atoms with Crippen molar-refractivity contribution >= 4 is 60.9 Å². The van der Waals surface area contributed by atoms with Gasteiger partial charge in [0.1, 0.15) is 33.7 Å². The molecule has 3 aromatic heterocycles. The topological polar surface area (TPSA) is 48.7 Å². The Morgan fingerprint density at radius 3 is 1.83 bits per heavy atom. The van der Waals surface area contributed by atoms with Gasteiger partial charge in [-0.3, -0.25) is 0 Å². The molecule has 4 nitrogen and oxygen atoms in total. The van der Waals surface area contributed by atoms with Gasteiger partial charge in [-0.25, -0.2) is 0 Å². The van der Waals surface area contributed by atoms with E-state index in [1.807, 2.05) is 24.3 Å². The third kappa shape index (κ3) is 3.23. The van der Waals surface area contributed by atoms with E-state index in [9.17, 15) is 0 Å². The van der Waals surface area contributed by atoms with Crippen LogP contribution >= 0.6 is 0 Å². The minimum Gasteiger partial charge on any atom is -0.481 e. The molecule has 0 saturated carbocycles. The number of hydrogen-bond acceptors (Lipinski definition) is 4. The maximum absolute atomic E-state index is 6.89. The molecule has 6 aromatic carbocycles. The molecule has 0 N–H and O–H groups in total. The van der Waals surface area contributed by atoms with Crippen LogP contribution in [0, 0.1) is 0 Å². The minimum atomic E-state index is -0.241. The van der Waals surface area contributed by atoms with Crippen LogP contribution in [0.4, 0.5) is 0 Å². The lowest BCUT2D eigenvalue weighted by molar-refractivity contribution is 0.194. The molecule has 0 fully saturated rings. The monoisotopic (exact) mass is 592 g/mol. The largest absolute Gasteiger partial charge is 0.481 e. The molecule has 0 radical (unpaired) electrons. The Balaban J connectivity index is 1.03. The van der Waals surface area contributed by atoms with Crippen molar-refractivity contribution in [2.24, 2.45) is 0 Å². The van der Waals surface area contributed by atoms with Crippen LogP contribution in [0.1, 0.15) is 28.9 Å². The molecule has 0 spiro atoms. The zero-order valence-electron chi connectivity index (χ0n) is 24.5. The Kier molecular flexibility index (Phi) is 4.66. The lowest BCUT2D eigenvalue weighted by atomic mass is 9.86. The van der Waals surface area contributed by atoms with Crippen molar-refractivity contribution in [2.75, 3.05) is 0 Å². The zero-order chi connectivity index (χ0) is 29.9. The van der Waals surface area contributed by atoms with E-state index < -0.39 is 0 Å². The van der Waals surface area contributed by atoms with Crippen molar-refractivity contribution in [1.82, 2.24) is 0 Å². The Bertz CT molecular complexity index is 2750. The number of ether oxygens (including phenoxy) is 1. The maximum Gasteiger partial charge on any atom is 0.167 e. The lowest BCUT2D eigenvalue weighted by Crippen LogP contribution is -2.11. The summed E-state index contributed by atoms with van der Waals surface area (Å²) in [6.45, 7) is 0. The highest BCUT2D eigenvalue weighted by molar-refractivity contribution is 6.08. The lowest BCUT2D eigenvalue weighted by Gasteiger charge is -2.18. The van der Waals surface area contributed by atoms with Gasteiger partial charge in [0, 0.05) is 49.2 Å². The van der Waals surface area contributed by atoms with E-state index in [4.69, 9.17) is 18.0 Å². The molecule has 2 atom stereocenters. The molecular weight excluding hydrogens is 568 g/mol. The SMILES string of the molecule is C1=CC2c3cccc(-c4ccc5oc6ccccc6c5c4)c3OC2c2oc3c(-c4ccc5oc6ccccc6c5c4)cccc3c21. The fourth-order valence-corrected chi connectivity index (χ4v) is 7.72. The average molecular weight is 593 g/mol. The molecule has 1 aliphatic heterocycles. The van der Waals surface area contributed by atoms with Gasteiger partial charge >= 0.3 is 0 Å². The standard InChI is InChI=1S/C42H24O4/c1-3-13-35-27(7-1)33-21-23(15-19-37(33)43-35)25-9-5-11-29-31-17-18-32-30-12-6-10-26(40(30)46-42(32)41(31)45-39(25)29)24-16-20-38-34(22-24)28-8-2-4-14-36(28)44-38/h1-22,31,41H. The van der Waals surface area contributed by atoms with Crippen molar-refractivity contribution in [2.45, 2.75) is 12.0 Å². The second-order valence-corrected chi connectivity index (χ2v) is 12.3. The number of para-hydroxylation sites is 4. The summed E-state index contributed by atoms with van der Waals surface area (Å²) in [5, 5.41) is 5.53. The maximum atomic E-state index is 6.89. The van der Waals surface area contributed by atoms with Crippen LogP contribution in [0.2, 0.25) is 0 Å². The van der Waals surface area contributed by atoms with E-state index in [1.54, 1.807) is 0 Å². The first-order valence-corrected chi connectivity index (χ1v) is 15.6. The van der Waals surface area contributed by atoms with Crippen molar-refractivity contribution in [3.05, 3.63) is 144 Å². The molecule has 0 bridgehead atoms. The molecule has 0 amide bonds. The summed E-state index contributed by atoms with van der Waals surface area (Å²) in [6.07, 6.45) is 4.25. The Hall–Kier alpha value is -6.00. The smallest absolute Gasteiger partial charge is 0.167 e. The van der Waals surface area contributed by atoms with E-state index in [2.05, 4.69) is 109 Å². The number of hydrogen-bond donors (Lipinski definition) is 0. The van der Waals surface area contributed by atoms with Gasteiger partial charge in [0.2, 0.25) is 0 Å². The molecule has 216 valence electrons. The third-order valence-electron chi connectivity index (χ3n) is 9.86. The number of furan rings is 3. The van der Waals surface area contributed by atoms with Gasteiger partial charge in [-0.1, -0.05) is 97.1 Å². The minimum absolute atomic E-state index is 0.0681. The van der Waals surface area contributed by atoms with Gasteiger partial charge in [0.25, 0.3) is 0 Å². The molecule has 2 unspecified atom stereocenters. The number of benzene rings is 6. The van der Waals surface area contributed by atoms with Gasteiger partial charge in [-0.05, 0) is 47.5 Å². The van der Waals surface area contributed by atoms with Gasteiger partial charge in [-0.2, -0.15) is 0 Å². The highest BCUT2D eigenvalue weighted by atomic mass is 16.5. The van der Waals surface area contributed by atoms with E-state index in [0.717, 1.165) is 94.2 Å². The first-order chi connectivity index (χ1) is 22.8. The third-order valence-corrected chi connectivity index (χ3v) is 9.86. The van der Waals surface area contributed by atoms with Crippen LogP contribution in [-0.2, 0) is 0 Å². The first-order valence-electron chi connectivity index (χ1n) is 15.6. The van der Waals surface area contributed by atoms with Gasteiger partial charge in [0.05, 0.1) is 5.92 Å². The Morgan fingerprint density at radius 1 is 0.478 bits per heavy atom. The van der Waals surface area contributed by atoms with Crippen molar-refractivity contribution < 1.29 is 18.0 Å². The zero-order valence-corrected chi connectivity index (χ0v) is 24.5. The van der Waals surface area contributed by atoms with Crippen LogP contribution in [0.5, 0.6) is 5.75 Å². The molecular formula is C42H24O4. The Labute approximate surface area is 262 Å². The van der Waals surface area contributed by atoms with Crippen molar-refractivity contribution in [3.63, 3.8) is 0 Å².